The van der Waals surface area contributed by atoms with Gasteiger partial charge in [0.05, 0.1) is 11.7 Å². The van der Waals surface area contributed by atoms with Crippen molar-refractivity contribution in [2.24, 2.45) is 11.8 Å². The van der Waals surface area contributed by atoms with E-state index in [1.165, 1.54) is 25.7 Å². The van der Waals surface area contributed by atoms with Crippen LogP contribution in [0.2, 0.25) is 0 Å². The van der Waals surface area contributed by atoms with Crippen molar-refractivity contribution < 1.29 is 4.79 Å². The molecule has 0 aromatic heterocycles. The number of carbonyl (C=O) groups excluding carboxylic acids is 1. The Morgan fingerprint density at radius 2 is 1.95 bits per heavy atom. The van der Waals surface area contributed by atoms with Gasteiger partial charge in [0.15, 0.2) is 0 Å². The first kappa shape index (κ1) is 13.4. The smallest absolute Gasteiger partial charge is 0.244 e. The van der Waals surface area contributed by atoms with Gasteiger partial charge in [0.2, 0.25) is 5.91 Å². The fourth-order valence-corrected chi connectivity index (χ4v) is 4.30. The number of carbonyl (C=O) groups is 1. The van der Waals surface area contributed by atoms with E-state index in [0.29, 0.717) is 24.0 Å². The lowest BCUT2D eigenvalue weighted by Gasteiger charge is -2.42. The summed E-state index contributed by atoms with van der Waals surface area (Å²) in [6.45, 7) is 6.81. The number of nitrogens with zero attached hydrogens (tertiary/aromatic N) is 1. The maximum absolute atomic E-state index is 12.9. The molecule has 1 saturated heterocycles. The van der Waals surface area contributed by atoms with Gasteiger partial charge in [-0.2, -0.15) is 0 Å². The van der Waals surface area contributed by atoms with Crippen LogP contribution in [0.4, 0.5) is 0 Å². The molecular weight excluding hydrogens is 236 g/mol. The van der Waals surface area contributed by atoms with Gasteiger partial charge in [0, 0.05) is 6.04 Å². The monoisotopic (exact) mass is 264 g/mol. The minimum absolute atomic E-state index is 0.182. The molecule has 1 spiro atoms. The van der Waals surface area contributed by atoms with E-state index >= 15 is 0 Å². The predicted octanol–water partition coefficient (Wildman–Crippen LogP) is 2.90. The quantitative estimate of drug-likeness (QED) is 0.850. The van der Waals surface area contributed by atoms with Crippen LogP contribution in [-0.2, 0) is 4.79 Å². The highest BCUT2D eigenvalue weighted by Crippen LogP contribution is 2.42. The van der Waals surface area contributed by atoms with Crippen LogP contribution in [0.25, 0.3) is 0 Å². The Labute approximate surface area is 117 Å². The maximum Gasteiger partial charge on any atom is 0.244 e. The van der Waals surface area contributed by atoms with Crippen molar-refractivity contribution in [3.05, 3.63) is 0 Å². The zero-order valence-electron chi connectivity index (χ0n) is 12.6. The summed E-state index contributed by atoms with van der Waals surface area (Å²) < 4.78 is 0. The van der Waals surface area contributed by atoms with Crippen LogP contribution in [0.3, 0.4) is 0 Å². The van der Waals surface area contributed by atoms with E-state index in [1.54, 1.807) is 0 Å². The van der Waals surface area contributed by atoms with Crippen molar-refractivity contribution >= 4 is 5.91 Å². The molecule has 1 aliphatic heterocycles. The van der Waals surface area contributed by atoms with Crippen LogP contribution in [0, 0.1) is 11.8 Å². The summed E-state index contributed by atoms with van der Waals surface area (Å²) in [5, 5.41) is 3.74. The van der Waals surface area contributed by atoms with E-state index in [1.807, 2.05) is 0 Å². The van der Waals surface area contributed by atoms with Gasteiger partial charge < -0.3 is 4.90 Å². The molecule has 3 aliphatic rings. The maximum atomic E-state index is 12.9. The highest BCUT2D eigenvalue weighted by atomic mass is 16.2. The minimum Gasteiger partial charge on any atom is -0.323 e. The Balaban J connectivity index is 1.79. The lowest BCUT2D eigenvalue weighted by Crippen LogP contribution is -2.51. The Morgan fingerprint density at radius 3 is 2.47 bits per heavy atom. The third kappa shape index (κ3) is 2.20. The third-order valence-corrected chi connectivity index (χ3v) is 5.32. The van der Waals surface area contributed by atoms with Crippen LogP contribution < -0.4 is 5.32 Å². The molecule has 1 atom stereocenters. The summed E-state index contributed by atoms with van der Waals surface area (Å²) >= 11 is 0. The van der Waals surface area contributed by atoms with E-state index in [0.717, 1.165) is 25.2 Å². The summed E-state index contributed by atoms with van der Waals surface area (Å²) in [6.07, 6.45) is 8.33. The third-order valence-electron chi connectivity index (χ3n) is 5.32. The van der Waals surface area contributed by atoms with Crippen molar-refractivity contribution in [3.8, 4) is 0 Å². The van der Waals surface area contributed by atoms with Crippen molar-refractivity contribution in [2.45, 2.75) is 83.5 Å². The van der Waals surface area contributed by atoms with Crippen molar-refractivity contribution in [2.75, 3.05) is 0 Å². The molecule has 3 fully saturated rings. The van der Waals surface area contributed by atoms with Crippen LogP contribution in [0.5, 0.6) is 0 Å². The molecule has 3 heteroatoms. The molecule has 19 heavy (non-hydrogen) atoms. The minimum atomic E-state index is -0.182. The Kier molecular flexibility index (Phi) is 3.36. The molecule has 2 saturated carbocycles. The molecule has 1 amide bonds. The molecule has 1 unspecified atom stereocenters. The van der Waals surface area contributed by atoms with Crippen LogP contribution in [0.1, 0.15) is 65.7 Å². The summed E-state index contributed by atoms with van der Waals surface area (Å²) in [7, 11) is 0. The molecule has 108 valence electrons. The second kappa shape index (κ2) is 4.76. The van der Waals surface area contributed by atoms with Gasteiger partial charge in [-0.3, -0.25) is 10.1 Å². The molecule has 3 rings (SSSR count). The van der Waals surface area contributed by atoms with Gasteiger partial charge in [-0.1, -0.05) is 33.6 Å². The Morgan fingerprint density at radius 1 is 1.32 bits per heavy atom. The average molecular weight is 264 g/mol. The number of hydrogen-bond acceptors (Lipinski definition) is 2. The number of rotatable bonds is 3. The SMILES string of the molecule is CC(C)CC1NC2(CCCC2)C(=O)N1C1CC(C)C1. The fourth-order valence-electron chi connectivity index (χ4n) is 4.30. The van der Waals surface area contributed by atoms with Crippen LogP contribution in [-0.4, -0.2) is 28.6 Å². The van der Waals surface area contributed by atoms with E-state index < -0.39 is 0 Å². The predicted molar refractivity (Wildman–Crippen MR) is 76.6 cm³/mol. The first-order valence-corrected chi connectivity index (χ1v) is 8.12. The first-order valence-electron chi connectivity index (χ1n) is 8.12. The number of amides is 1. The second-order valence-corrected chi connectivity index (χ2v) is 7.52. The van der Waals surface area contributed by atoms with Gasteiger partial charge >= 0.3 is 0 Å². The van der Waals surface area contributed by atoms with Crippen molar-refractivity contribution in [1.82, 2.24) is 10.2 Å². The Bertz CT molecular complexity index is 354. The normalized spacial score (nSPS) is 37.4. The van der Waals surface area contributed by atoms with Gasteiger partial charge in [0.1, 0.15) is 0 Å². The molecule has 0 radical (unpaired) electrons. The molecule has 2 aliphatic carbocycles. The van der Waals surface area contributed by atoms with Crippen LogP contribution >= 0.6 is 0 Å². The van der Waals surface area contributed by atoms with Gasteiger partial charge in [-0.25, -0.2) is 0 Å². The van der Waals surface area contributed by atoms with Crippen molar-refractivity contribution in [3.63, 3.8) is 0 Å². The van der Waals surface area contributed by atoms with E-state index in [4.69, 9.17) is 0 Å². The summed E-state index contributed by atoms with van der Waals surface area (Å²) in [4.78, 5) is 15.2. The van der Waals surface area contributed by atoms with Crippen molar-refractivity contribution in [1.29, 1.82) is 0 Å². The molecule has 3 nitrogen and oxygen atoms in total. The van der Waals surface area contributed by atoms with E-state index in [9.17, 15) is 4.79 Å². The molecule has 0 aromatic rings. The average Bonchev–Trinajstić information content (AvgIpc) is 2.84. The lowest BCUT2D eigenvalue weighted by molar-refractivity contribution is -0.138. The summed E-state index contributed by atoms with van der Waals surface area (Å²) in [5.74, 6) is 1.87. The molecule has 1 N–H and O–H groups in total. The highest BCUT2D eigenvalue weighted by molar-refractivity contribution is 5.89. The molecule has 1 heterocycles. The molecular formula is C16H28N2O. The van der Waals surface area contributed by atoms with Gasteiger partial charge in [-0.05, 0) is 43.9 Å². The van der Waals surface area contributed by atoms with E-state index in [-0.39, 0.29) is 5.54 Å². The lowest BCUT2D eigenvalue weighted by atomic mass is 9.80. The summed E-state index contributed by atoms with van der Waals surface area (Å²) in [5.41, 5.74) is -0.182. The molecule has 0 bridgehead atoms. The zero-order valence-corrected chi connectivity index (χ0v) is 12.6. The number of nitrogens with one attached hydrogen (secondary N) is 1. The first-order chi connectivity index (χ1) is 9.02. The largest absolute Gasteiger partial charge is 0.323 e. The number of hydrogen-bond donors (Lipinski definition) is 1. The van der Waals surface area contributed by atoms with Gasteiger partial charge in [-0.15, -0.1) is 0 Å². The fraction of sp³-hybridized carbons (Fsp3) is 0.938. The zero-order chi connectivity index (χ0) is 13.6. The molecule has 0 aromatic carbocycles. The Hall–Kier alpha value is -0.570. The standard InChI is InChI=1S/C16H28N2O/c1-11(2)8-14-17-16(6-4-5-7-16)15(19)18(14)13-9-12(3)10-13/h11-14,17H,4-10H2,1-3H3. The van der Waals surface area contributed by atoms with Crippen LogP contribution in [0.15, 0.2) is 0 Å². The van der Waals surface area contributed by atoms with Gasteiger partial charge in [0.25, 0.3) is 0 Å². The summed E-state index contributed by atoms with van der Waals surface area (Å²) in [6, 6.07) is 0.513. The second-order valence-electron chi connectivity index (χ2n) is 7.52. The highest BCUT2D eigenvalue weighted by Gasteiger charge is 2.55. The van der Waals surface area contributed by atoms with E-state index in [2.05, 4.69) is 31.0 Å². The topological polar surface area (TPSA) is 32.3 Å².